The summed E-state index contributed by atoms with van der Waals surface area (Å²) >= 11 is 0.722. The number of fused-ring (bicyclic) bond motifs is 3. The SMILES string of the molecule is O=C(O)C1=CCN(CC(=O)N2CCc3c(n(Cc4ccc(C(F)(F)F)s4)c4ncccc34)C2)CC1. The van der Waals surface area contributed by atoms with Gasteiger partial charge in [0.05, 0.1) is 19.6 Å². The minimum atomic E-state index is -4.38. The molecule has 3 aromatic rings. The zero-order chi connectivity index (χ0) is 24.7. The normalized spacial score (nSPS) is 16.9. The lowest BCUT2D eigenvalue weighted by molar-refractivity contribution is -0.135. The Hall–Kier alpha value is -3.18. The van der Waals surface area contributed by atoms with Crippen molar-refractivity contribution in [2.24, 2.45) is 0 Å². The molecule has 0 radical (unpaired) electrons. The van der Waals surface area contributed by atoms with Gasteiger partial charge in [0.1, 0.15) is 10.5 Å². The van der Waals surface area contributed by atoms with Crippen molar-refractivity contribution in [2.45, 2.75) is 32.1 Å². The zero-order valence-electron chi connectivity index (χ0n) is 18.7. The number of nitrogens with zero attached hydrogens (tertiary/aromatic N) is 4. The molecule has 0 saturated carbocycles. The number of alkyl halides is 3. The van der Waals surface area contributed by atoms with E-state index in [-0.39, 0.29) is 19.0 Å². The van der Waals surface area contributed by atoms with E-state index in [0.717, 1.165) is 34.0 Å². The number of carboxylic acids is 1. The van der Waals surface area contributed by atoms with Crippen LogP contribution in [0.5, 0.6) is 0 Å². The molecule has 0 bridgehead atoms. The molecular weight excluding hydrogens is 481 g/mol. The second-order valence-electron chi connectivity index (χ2n) is 8.73. The van der Waals surface area contributed by atoms with Gasteiger partial charge in [-0.15, -0.1) is 11.3 Å². The fourth-order valence-electron chi connectivity index (χ4n) is 4.75. The summed E-state index contributed by atoms with van der Waals surface area (Å²) in [5.74, 6) is -0.975. The molecule has 0 unspecified atom stereocenters. The fraction of sp³-hybridized carbons (Fsp3) is 0.375. The molecule has 1 amide bonds. The molecule has 184 valence electrons. The Morgan fingerprint density at radius 3 is 2.66 bits per heavy atom. The smallest absolute Gasteiger partial charge is 0.425 e. The van der Waals surface area contributed by atoms with E-state index < -0.39 is 17.0 Å². The number of aromatic nitrogens is 2. The predicted octanol–water partition coefficient (Wildman–Crippen LogP) is 3.77. The topological polar surface area (TPSA) is 78.7 Å². The third-order valence-electron chi connectivity index (χ3n) is 6.55. The summed E-state index contributed by atoms with van der Waals surface area (Å²) in [6.07, 6.45) is -0.0341. The molecule has 1 N–H and O–H groups in total. The molecule has 0 aliphatic carbocycles. The van der Waals surface area contributed by atoms with Gasteiger partial charge in [-0.1, -0.05) is 6.08 Å². The first-order valence-electron chi connectivity index (χ1n) is 11.2. The molecule has 35 heavy (non-hydrogen) atoms. The maximum Gasteiger partial charge on any atom is 0.425 e. The molecule has 5 rings (SSSR count). The number of carboxylic acid groups (broad SMARTS) is 1. The maximum absolute atomic E-state index is 13.1. The third kappa shape index (κ3) is 4.70. The number of halogens is 3. The van der Waals surface area contributed by atoms with Gasteiger partial charge in [0.2, 0.25) is 5.91 Å². The molecule has 0 fully saturated rings. The van der Waals surface area contributed by atoms with E-state index in [1.54, 1.807) is 17.2 Å². The van der Waals surface area contributed by atoms with Crippen LogP contribution < -0.4 is 0 Å². The Balaban J connectivity index is 1.37. The monoisotopic (exact) mass is 504 g/mol. The van der Waals surface area contributed by atoms with Crippen LogP contribution in [-0.4, -0.2) is 62.5 Å². The van der Waals surface area contributed by atoms with Gasteiger partial charge in [0.25, 0.3) is 0 Å². The molecular formula is C24H23F3N4O3S. The summed E-state index contributed by atoms with van der Waals surface area (Å²) in [5.41, 5.74) is 3.05. The molecule has 3 aromatic heterocycles. The number of carbonyl (C=O) groups is 2. The summed E-state index contributed by atoms with van der Waals surface area (Å²) in [6.45, 7) is 2.26. The molecule has 0 aromatic carbocycles. The Morgan fingerprint density at radius 1 is 1.14 bits per heavy atom. The number of rotatable bonds is 5. The molecule has 5 heterocycles. The average Bonchev–Trinajstić information content (AvgIpc) is 3.43. The van der Waals surface area contributed by atoms with Gasteiger partial charge in [0.15, 0.2) is 0 Å². The molecule has 0 atom stereocenters. The minimum Gasteiger partial charge on any atom is -0.478 e. The molecule has 0 spiro atoms. The second-order valence-corrected chi connectivity index (χ2v) is 9.90. The highest BCUT2D eigenvalue weighted by Gasteiger charge is 2.33. The van der Waals surface area contributed by atoms with Crippen LogP contribution in [0.2, 0.25) is 0 Å². The third-order valence-corrected chi connectivity index (χ3v) is 7.66. The number of thiophene rings is 1. The van der Waals surface area contributed by atoms with E-state index in [2.05, 4.69) is 4.98 Å². The van der Waals surface area contributed by atoms with E-state index in [1.165, 1.54) is 6.07 Å². The summed E-state index contributed by atoms with van der Waals surface area (Å²) in [4.78, 5) is 32.3. The van der Waals surface area contributed by atoms with Crippen LogP contribution in [0.4, 0.5) is 13.2 Å². The largest absolute Gasteiger partial charge is 0.478 e. The molecule has 2 aliphatic rings. The van der Waals surface area contributed by atoms with Crippen LogP contribution >= 0.6 is 11.3 Å². The van der Waals surface area contributed by atoms with Gasteiger partial charge in [-0.05, 0) is 42.7 Å². The Morgan fingerprint density at radius 2 is 1.97 bits per heavy atom. The highest BCUT2D eigenvalue weighted by molar-refractivity contribution is 7.12. The Bertz CT molecular complexity index is 1330. The molecule has 0 saturated heterocycles. The fourth-order valence-corrected chi connectivity index (χ4v) is 5.62. The van der Waals surface area contributed by atoms with Crippen LogP contribution in [0.1, 0.15) is 27.4 Å². The highest BCUT2D eigenvalue weighted by Crippen LogP contribution is 2.36. The highest BCUT2D eigenvalue weighted by atomic mass is 32.1. The van der Waals surface area contributed by atoms with Gasteiger partial charge >= 0.3 is 12.1 Å². The number of carbonyl (C=O) groups excluding carboxylic acids is 1. The minimum absolute atomic E-state index is 0.0527. The van der Waals surface area contributed by atoms with Crippen molar-refractivity contribution in [1.82, 2.24) is 19.4 Å². The van der Waals surface area contributed by atoms with Crippen molar-refractivity contribution in [1.29, 1.82) is 0 Å². The lowest BCUT2D eigenvalue weighted by atomic mass is 10.0. The summed E-state index contributed by atoms with van der Waals surface area (Å²) in [6, 6.07) is 6.40. The van der Waals surface area contributed by atoms with Crippen LogP contribution in [0, 0.1) is 0 Å². The van der Waals surface area contributed by atoms with Crippen molar-refractivity contribution < 1.29 is 27.9 Å². The van der Waals surface area contributed by atoms with E-state index >= 15 is 0 Å². The van der Waals surface area contributed by atoms with Gasteiger partial charge in [-0.25, -0.2) is 9.78 Å². The van der Waals surface area contributed by atoms with Crippen molar-refractivity contribution in [2.75, 3.05) is 26.2 Å². The second kappa shape index (κ2) is 9.12. The number of hydrogen-bond acceptors (Lipinski definition) is 5. The first-order chi connectivity index (χ1) is 16.7. The quantitative estimate of drug-likeness (QED) is 0.573. The average molecular weight is 505 g/mol. The van der Waals surface area contributed by atoms with Crippen LogP contribution in [0.3, 0.4) is 0 Å². The lowest BCUT2D eigenvalue weighted by Crippen LogP contribution is -2.44. The van der Waals surface area contributed by atoms with Crippen LogP contribution in [0.15, 0.2) is 42.1 Å². The van der Waals surface area contributed by atoms with E-state index in [0.29, 0.717) is 55.1 Å². The molecule has 11 heteroatoms. The van der Waals surface area contributed by atoms with Crippen LogP contribution in [-0.2, 0) is 35.3 Å². The van der Waals surface area contributed by atoms with Crippen molar-refractivity contribution in [3.8, 4) is 0 Å². The van der Waals surface area contributed by atoms with Gasteiger partial charge in [-0.2, -0.15) is 13.2 Å². The van der Waals surface area contributed by atoms with Crippen molar-refractivity contribution >= 4 is 34.2 Å². The summed E-state index contributed by atoms with van der Waals surface area (Å²) in [5, 5.41) is 10.1. The number of amides is 1. The van der Waals surface area contributed by atoms with Crippen molar-refractivity contribution in [3.63, 3.8) is 0 Å². The number of pyridine rings is 1. The number of aliphatic carboxylic acids is 1. The van der Waals surface area contributed by atoms with E-state index in [9.17, 15) is 22.8 Å². The molecule has 7 nitrogen and oxygen atoms in total. The Labute approximate surface area is 203 Å². The van der Waals surface area contributed by atoms with Gasteiger partial charge < -0.3 is 14.6 Å². The maximum atomic E-state index is 13.1. The summed E-state index contributed by atoms with van der Waals surface area (Å²) < 4.78 is 41.3. The summed E-state index contributed by atoms with van der Waals surface area (Å²) in [7, 11) is 0. The lowest BCUT2D eigenvalue weighted by Gasteiger charge is -2.31. The number of hydrogen-bond donors (Lipinski definition) is 1. The predicted molar refractivity (Wildman–Crippen MR) is 124 cm³/mol. The van der Waals surface area contributed by atoms with Gasteiger partial charge in [0, 0.05) is 47.4 Å². The molecule has 2 aliphatic heterocycles. The zero-order valence-corrected chi connectivity index (χ0v) is 19.5. The van der Waals surface area contributed by atoms with Gasteiger partial charge in [-0.3, -0.25) is 9.69 Å². The van der Waals surface area contributed by atoms with E-state index in [1.807, 2.05) is 21.6 Å². The van der Waals surface area contributed by atoms with Crippen molar-refractivity contribution in [3.05, 3.63) is 63.1 Å². The Kier molecular flexibility index (Phi) is 6.14. The first kappa shape index (κ1) is 23.6. The van der Waals surface area contributed by atoms with E-state index in [4.69, 9.17) is 5.11 Å². The van der Waals surface area contributed by atoms with Crippen LogP contribution in [0.25, 0.3) is 11.0 Å². The first-order valence-corrected chi connectivity index (χ1v) is 12.1. The standard InChI is InChI=1S/C24H23F3N4O3S/c25-24(26,27)20-4-3-16(35-20)12-31-19-13-30(11-7-17(19)18-2-1-8-28-22(18)31)21(32)14-29-9-5-15(6-10-29)23(33)34/h1-5,8H,6-7,9-14H2,(H,33,34).